The maximum Gasteiger partial charge on any atom is 0.336 e. The van der Waals surface area contributed by atoms with Crippen LogP contribution in [-0.4, -0.2) is 27.1 Å². The molecule has 1 aromatic carbocycles. The van der Waals surface area contributed by atoms with Crippen molar-refractivity contribution in [1.82, 2.24) is 9.38 Å². The van der Waals surface area contributed by atoms with E-state index < -0.39 is 5.97 Å². The fraction of sp³-hybridized carbons (Fsp3) is 0.250. The molecule has 148 valence electrons. The highest BCUT2D eigenvalue weighted by Crippen LogP contribution is 2.35. The fourth-order valence-electron chi connectivity index (χ4n) is 3.72. The van der Waals surface area contributed by atoms with E-state index in [1.165, 1.54) is 0 Å². The second-order valence-electron chi connectivity index (χ2n) is 7.31. The van der Waals surface area contributed by atoms with Crippen molar-refractivity contribution in [3.63, 3.8) is 0 Å². The molecule has 4 rings (SSSR count). The van der Waals surface area contributed by atoms with Crippen LogP contribution in [0.1, 0.15) is 41.4 Å². The van der Waals surface area contributed by atoms with Crippen LogP contribution in [-0.2, 0) is 0 Å². The Morgan fingerprint density at radius 1 is 1.17 bits per heavy atom. The SMILES string of the molecule is CCCCOc1ccc(C)c2nc(-c3cc4ccccn4c3C)cc(C(=O)O)c12. The summed E-state index contributed by atoms with van der Waals surface area (Å²) in [5.74, 6) is -0.403. The quantitative estimate of drug-likeness (QED) is 0.434. The number of hydrogen-bond donors (Lipinski definition) is 1. The minimum Gasteiger partial charge on any atom is -0.493 e. The highest BCUT2D eigenvalue weighted by molar-refractivity contribution is 6.07. The Hall–Kier alpha value is -3.34. The van der Waals surface area contributed by atoms with Gasteiger partial charge in [-0.3, -0.25) is 0 Å². The van der Waals surface area contributed by atoms with E-state index in [0.29, 0.717) is 29.0 Å². The van der Waals surface area contributed by atoms with Crippen LogP contribution in [0.25, 0.3) is 27.7 Å². The predicted molar refractivity (Wildman–Crippen MR) is 115 cm³/mol. The first-order valence-electron chi connectivity index (χ1n) is 9.88. The molecule has 5 heteroatoms. The minimum atomic E-state index is -0.981. The van der Waals surface area contributed by atoms with Gasteiger partial charge in [0.2, 0.25) is 0 Å². The third-order valence-corrected chi connectivity index (χ3v) is 5.32. The summed E-state index contributed by atoms with van der Waals surface area (Å²) >= 11 is 0. The number of aryl methyl sites for hydroxylation is 2. The summed E-state index contributed by atoms with van der Waals surface area (Å²) in [6.45, 7) is 6.62. The van der Waals surface area contributed by atoms with Crippen molar-refractivity contribution in [3.05, 3.63) is 65.5 Å². The van der Waals surface area contributed by atoms with Gasteiger partial charge < -0.3 is 14.2 Å². The molecular weight excluding hydrogens is 364 g/mol. The Bertz CT molecular complexity index is 1220. The summed E-state index contributed by atoms with van der Waals surface area (Å²) in [5, 5.41) is 10.5. The first-order chi connectivity index (χ1) is 14.0. The lowest BCUT2D eigenvalue weighted by Crippen LogP contribution is -2.05. The molecule has 0 fully saturated rings. The number of aromatic carboxylic acids is 1. The number of ether oxygens (including phenoxy) is 1. The van der Waals surface area contributed by atoms with E-state index in [9.17, 15) is 9.90 Å². The summed E-state index contributed by atoms with van der Waals surface area (Å²) in [7, 11) is 0. The van der Waals surface area contributed by atoms with Crippen molar-refractivity contribution >= 4 is 22.4 Å². The molecule has 0 aliphatic carbocycles. The van der Waals surface area contributed by atoms with Crippen LogP contribution in [0.2, 0.25) is 0 Å². The summed E-state index contributed by atoms with van der Waals surface area (Å²) in [4.78, 5) is 17.0. The molecule has 29 heavy (non-hydrogen) atoms. The molecule has 4 aromatic rings. The number of rotatable bonds is 6. The largest absolute Gasteiger partial charge is 0.493 e. The number of aromatic nitrogens is 2. The highest BCUT2D eigenvalue weighted by Gasteiger charge is 2.20. The van der Waals surface area contributed by atoms with Gasteiger partial charge in [0, 0.05) is 23.0 Å². The van der Waals surface area contributed by atoms with E-state index in [2.05, 4.69) is 11.3 Å². The molecule has 0 aliphatic heterocycles. The van der Waals surface area contributed by atoms with Crippen molar-refractivity contribution in [2.24, 2.45) is 0 Å². The molecule has 0 saturated carbocycles. The Labute approximate surface area is 169 Å². The molecule has 0 radical (unpaired) electrons. The van der Waals surface area contributed by atoms with Crippen LogP contribution in [0.4, 0.5) is 0 Å². The number of pyridine rings is 2. The Balaban J connectivity index is 1.96. The second-order valence-corrected chi connectivity index (χ2v) is 7.31. The Kier molecular flexibility index (Phi) is 4.97. The van der Waals surface area contributed by atoms with Crippen LogP contribution >= 0.6 is 0 Å². The topological polar surface area (TPSA) is 63.8 Å². The fourth-order valence-corrected chi connectivity index (χ4v) is 3.72. The molecule has 5 nitrogen and oxygen atoms in total. The number of nitrogens with zero attached hydrogens (tertiary/aromatic N) is 2. The van der Waals surface area contributed by atoms with Gasteiger partial charge >= 0.3 is 5.97 Å². The minimum absolute atomic E-state index is 0.217. The van der Waals surface area contributed by atoms with Crippen molar-refractivity contribution in [3.8, 4) is 17.0 Å². The van der Waals surface area contributed by atoms with Gasteiger partial charge in [0.05, 0.1) is 28.8 Å². The smallest absolute Gasteiger partial charge is 0.336 e. The summed E-state index contributed by atoms with van der Waals surface area (Å²) in [5.41, 5.74) is 5.47. The highest BCUT2D eigenvalue weighted by atomic mass is 16.5. The van der Waals surface area contributed by atoms with Gasteiger partial charge in [0.15, 0.2) is 0 Å². The molecule has 3 heterocycles. The number of carboxylic acid groups (broad SMARTS) is 1. The van der Waals surface area contributed by atoms with Gasteiger partial charge in [0.25, 0.3) is 0 Å². The number of fused-ring (bicyclic) bond motifs is 2. The molecule has 0 spiro atoms. The third kappa shape index (κ3) is 3.33. The number of carbonyl (C=O) groups is 1. The molecule has 0 bridgehead atoms. The van der Waals surface area contributed by atoms with Crippen LogP contribution in [0.15, 0.2) is 48.7 Å². The Morgan fingerprint density at radius 2 is 2.00 bits per heavy atom. The second kappa shape index (κ2) is 7.59. The van der Waals surface area contributed by atoms with Crippen LogP contribution in [0.5, 0.6) is 5.75 Å². The zero-order chi connectivity index (χ0) is 20.5. The van der Waals surface area contributed by atoms with Gasteiger partial charge in [-0.1, -0.05) is 25.5 Å². The molecule has 0 saturated heterocycles. The third-order valence-electron chi connectivity index (χ3n) is 5.32. The average Bonchev–Trinajstić information content (AvgIpc) is 3.06. The lowest BCUT2D eigenvalue weighted by Gasteiger charge is -2.14. The molecule has 3 aromatic heterocycles. The normalized spacial score (nSPS) is 11.3. The van der Waals surface area contributed by atoms with Crippen LogP contribution in [0.3, 0.4) is 0 Å². The van der Waals surface area contributed by atoms with Gasteiger partial charge in [-0.25, -0.2) is 9.78 Å². The maximum atomic E-state index is 12.2. The van der Waals surface area contributed by atoms with E-state index >= 15 is 0 Å². The van der Waals surface area contributed by atoms with Gasteiger partial charge in [-0.05, 0) is 56.2 Å². The number of unbranched alkanes of at least 4 members (excludes halogenated alkanes) is 1. The zero-order valence-corrected chi connectivity index (χ0v) is 16.9. The molecule has 0 atom stereocenters. The average molecular weight is 388 g/mol. The standard InChI is InChI=1S/C24H24N2O3/c1-4-5-12-29-21-10-9-15(2)23-22(21)19(24(27)28)14-20(25-23)18-13-17-8-6-7-11-26(17)16(18)3/h6-11,13-14H,4-5,12H2,1-3H3,(H,27,28). The number of carboxylic acids is 1. The van der Waals surface area contributed by atoms with Gasteiger partial charge in [0.1, 0.15) is 5.75 Å². The molecular formula is C24H24N2O3. The molecule has 0 unspecified atom stereocenters. The molecule has 0 amide bonds. The summed E-state index contributed by atoms with van der Waals surface area (Å²) in [6.07, 6.45) is 3.93. The van der Waals surface area contributed by atoms with E-state index in [-0.39, 0.29) is 5.56 Å². The summed E-state index contributed by atoms with van der Waals surface area (Å²) < 4.78 is 8.00. The molecule has 1 N–H and O–H groups in total. The first-order valence-corrected chi connectivity index (χ1v) is 9.88. The van der Waals surface area contributed by atoms with Crippen LogP contribution in [0, 0.1) is 13.8 Å². The van der Waals surface area contributed by atoms with E-state index in [4.69, 9.17) is 9.72 Å². The maximum absolute atomic E-state index is 12.2. The molecule has 0 aliphatic rings. The van der Waals surface area contributed by atoms with Crippen molar-refractivity contribution in [2.45, 2.75) is 33.6 Å². The van der Waals surface area contributed by atoms with Gasteiger partial charge in [-0.15, -0.1) is 0 Å². The predicted octanol–water partition coefficient (Wildman–Crippen LogP) is 5.65. The monoisotopic (exact) mass is 388 g/mol. The summed E-state index contributed by atoms with van der Waals surface area (Å²) in [6, 6.07) is 13.5. The lowest BCUT2D eigenvalue weighted by atomic mass is 10.0. The van der Waals surface area contributed by atoms with E-state index in [1.807, 2.05) is 56.4 Å². The zero-order valence-electron chi connectivity index (χ0n) is 16.9. The van der Waals surface area contributed by atoms with Crippen LogP contribution < -0.4 is 4.74 Å². The van der Waals surface area contributed by atoms with E-state index in [1.54, 1.807) is 6.07 Å². The lowest BCUT2D eigenvalue weighted by molar-refractivity contribution is 0.0698. The number of benzene rings is 1. The van der Waals surface area contributed by atoms with Crippen molar-refractivity contribution in [1.29, 1.82) is 0 Å². The van der Waals surface area contributed by atoms with Crippen molar-refractivity contribution in [2.75, 3.05) is 6.61 Å². The number of hydrogen-bond acceptors (Lipinski definition) is 3. The first kappa shape index (κ1) is 19.0. The van der Waals surface area contributed by atoms with Gasteiger partial charge in [-0.2, -0.15) is 0 Å². The Morgan fingerprint density at radius 3 is 2.72 bits per heavy atom. The van der Waals surface area contributed by atoms with E-state index in [0.717, 1.165) is 35.2 Å². The van der Waals surface area contributed by atoms with Crippen molar-refractivity contribution < 1.29 is 14.6 Å².